The van der Waals surface area contributed by atoms with E-state index in [1.165, 1.54) is 0 Å². The molecule has 1 amide bonds. The third-order valence-corrected chi connectivity index (χ3v) is 2.67. The summed E-state index contributed by atoms with van der Waals surface area (Å²) in [7, 11) is 0. The van der Waals surface area contributed by atoms with E-state index in [1.54, 1.807) is 6.07 Å². The van der Waals surface area contributed by atoms with Gasteiger partial charge in [0, 0.05) is 5.71 Å². The molecule has 2 rings (SSSR count). The topological polar surface area (TPSA) is 59.9 Å². The highest BCUT2D eigenvalue weighted by Crippen LogP contribution is 2.30. The van der Waals surface area contributed by atoms with E-state index in [9.17, 15) is 4.79 Å². The first-order valence-electron chi connectivity index (χ1n) is 5.92. The zero-order valence-corrected chi connectivity index (χ0v) is 10.5. The zero-order valence-electron chi connectivity index (χ0n) is 10.5. The summed E-state index contributed by atoms with van der Waals surface area (Å²) in [6.07, 6.45) is 0.138. The number of amides is 1. The molecule has 5 nitrogen and oxygen atoms in total. The van der Waals surface area contributed by atoms with Crippen LogP contribution >= 0.6 is 0 Å². The van der Waals surface area contributed by atoms with Gasteiger partial charge in [-0.3, -0.25) is 4.79 Å². The molecule has 0 saturated carbocycles. The third-order valence-electron chi connectivity index (χ3n) is 2.67. The van der Waals surface area contributed by atoms with Gasteiger partial charge < -0.3 is 9.47 Å². The highest BCUT2D eigenvalue weighted by Gasteiger charge is 2.26. The van der Waals surface area contributed by atoms with Crippen molar-refractivity contribution in [2.24, 2.45) is 5.10 Å². The van der Waals surface area contributed by atoms with Crippen molar-refractivity contribution >= 4 is 11.6 Å². The molecule has 0 aromatic heterocycles. The van der Waals surface area contributed by atoms with Gasteiger partial charge in [-0.2, -0.15) is 5.10 Å². The predicted molar refractivity (Wildman–Crippen MR) is 67.9 cm³/mol. The van der Waals surface area contributed by atoms with E-state index in [-0.39, 0.29) is 12.5 Å². The molecule has 1 aliphatic heterocycles. The maximum Gasteiger partial charge on any atom is 0.284 e. The Hall–Kier alpha value is -2.04. The Morgan fingerprint density at radius 3 is 2.89 bits per heavy atom. The first kappa shape index (κ1) is 12.4. The molecule has 1 aromatic rings. The SMILES string of the molecule is CC/C(C)=N\NC(=O)[C@H]1COc2ccccc2O1. The van der Waals surface area contributed by atoms with Crippen LogP contribution in [0.4, 0.5) is 0 Å². The Morgan fingerprint density at radius 2 is 2.17 bits per heavy atom. The number of nitrogens with one attached hydrogen (secondary N) is 1. The lowest BCUT2D eigenvalue weighted by molar-refractivity contribution is -0.130. The predicted octanol–water partition coefficient (Wildman–Crippen LogP) is 1.73. The maximum absolute atomic E-state index is 11.8. The van der Waals surface area contributed by atoms with E-state index in [4.69, 9.17) is 9.47 Å². The Bertz CT molecular complexity index is 471. The number of fused-ring (bicyclic) bond motifs is 1. The highest BCUT2D eigenvalue weighted by molar-refractivity contribution is 5.86. The second-order valence-electron chi connectivity index (χ2n) is 4.04. The number of carbonyl (C=O) groups excluding carboxylic acids is 1. The molecule has 0 spiro atoms. The fourth-order valence-electron chi connectivity index (χ4n) is 1.45. The summed E-state index contributed by atoms with van der Waals surface area (Å²) in [5.41, 5.74) is 3.34. The smallest absolute Gasteiger partial charge is 0.284 e. The fraction of sp³-hybridized carbons (Fsp3) is 0.385. The van der Waals surface area contributed by atoms with Crippen LogP contribution in [0.2, 0.25) is 0 Å². The van der Waals surface area contributed by atoms with Crippen molar-refractivity contribution in [1.29, 1.82) is 0 Å². The number of nitrogens with zero attached hydrogens (tertiary/aromatic N) is 1. The molecular weight excluding hydrogens is 232 g/mol. The maximum atomic E-state index is 11.8. The van der Waals surface area contributed by atoms with Crippen LogP contribution in [0.5, 0.6) is 11.5 Å². The number of hydrogen-bond acceptors (Lipinski definition) is 4. The van der Waals surface area contributed by atoms with Crippen molar-refractivity contribution in [1.82, 2.24) is 5.43 Å². The van der Waals surface area contributed by atoms with Crippen molar-refractivity contribution in [3.8, 4) is 11.5 Å². The monoisotopic (exact) mass is 248 g/mol. The van der Waals surface area contributed by atoms with E-state index in [0.29, 0.717) is 11.5 Å². The molecular formula is C13H16N2O3. The normalized spacial score (nSPS) is 18.3. The molecule has 96 valence electrons. The number of carbonyl (C=O) groups is 1. The van der Waals surface area contributed by atoms with Gasteiger partial charge in [0.1, 0.15) is 6.61 Å². The standard InChI is InChI=1S/C13H16N2O3/c1-3-9(2)14-15-13(16)12-8-17-10-6-4-5-7-11(10)18-12/h4-7,12H,3,8H2,1-2H3,(H,15,16)/b14-9-/t12-/m1/s1. The summed E-state index contributed by atoms with van der Waals surface area (Å²) in [6.45, 7) is 4.03. The number of ether oxygens (including phenoxy) is 2. The van der Waals surface area contributed by atoms with Crippen LogP contribution in [-0.4, -0.2) is 24.3 Å². The lowest BCUT2D eigenvalue weighted by Gasteiger charge is -2.24. The van der Waals surface area contributed by atoms with Crippen LogP contribution in [0, 0.1) is 0 Å². The quantitative estimate of drug-likeness (QED) is 0.654. The minimum Gasteiger partial charge on any atom is -0.485 e. The van der Waals surface area contributed by atoms with Gasteiger partial charge in [-0.15, -0.1) is 0 Å². The van der Waals surface area contributed by atoms with Gasteiger partial charge in [-0.1, -0.05) is 19.1 Å². The van der Waals surface area contributed by atoms with E-state index >= 15 is 0 Å². The van der Waals surface area contributed by atoms with Gasteiger partial charge in [0.2, 0.25) is 6.10 Å². The first-order chi connectivity index (χ1) is 8.70. The molecule has 5 heteroatoms. The molecule has 0 aliphatic carbocycles. The Kier molecular flexibility index (Phi) is 3.82. The highest BCUT2D eigenvalue weighted by atomic mass is 16.6. The molecule has 0 radical (unpaired) electrons. The van der Waals surface area contributed by atoms with Gasteiger partial charge in [0.05, 0.1) is 0 Å². The molecule has 0 unspecified atom stereocenters. The van der Waals surface area contributed by atoms with Crippen LogP contribution in [-0.2, 0) is 4.79 Å². The minimum absolute atomic E-state index is 0.198. The van der Waals surface area contributed by atoms with Crippen molar-refractivity contribution in [3.05, 3.63) is 24.3 Å². The summed E-state index contributed by atoms with van der Waals surface area (Å²) >= 11 is 0. The van der Waals surface area contributed by atoms with Gasteiger partial charge in [0.25, 0.3) is 5.91 Å². The van der Waals surface area contributed by atoms with Crippen LogP contribution in [0.15, 0.2) is 29.4 Å². The second kappa shape index (κ2) is 5.53. The summed E-state index contributed by atoms with van der Waals surface area (Å²) in [5.74, 6) is 0.951. The Morgan fingerprint density at radius 1 is 1.44 bits per heavy atom. The zero-order chi connectivity index (χ0) is 13.0. The van der Waals surface area contributed by atoms with E-state index in [2.05, 4.69) is 10.5 Å². The van der Waals surface area contributed by atoms with Gasteiger partial charge >= 0.3 is 0 Å². The van der Waals surface area contributed by atoms with E-state index < -0.39 is 6.10 Å². The van der Waals surface area contributed by atoms with Crippen molar-refractivity contribution in [3.63, 3.8) is 0 Å². The summed E-state index contributed by atoms with van der Waals surface area (Å²) in [6, 6.07) is 7.28. The second-order valence-corrected chi connectivity index (χ2v) is 4.04. The van der Waals surface area contributed by atoms with Crippen molar-refractivity contribution in [2.45, 2.75) is 26.4 Å². The first-order valence-corrected chi connectivity index (χ1v) is 5.92. The Labute approximate surface area is 106 Å². The largest absolute Gasteiger partial charge is 0.485 e. The molecule has 1 aliphatic rings. The summed E-state index contributed by atoms with van der Waals surface area (Å²) in [4.78, 5) is 11.8. The molecule has 1 aromatic carbocycles. The molecule has 0 bridgehead atoms. The number of rotatable bonds is 3. The number of para-hydroxylation sites is 2. The van der Waals surface area contributed by atoms with Crippen LogP contribution in [0.25, 0.3) is 0 Å². The molecule has 18 heavy (non-hydrogen) atoms. The van der Waals surface area contributed by atoms with Crippen LogP contribution < -0.4 is 14.9 Å². The average molecular weight is 248 g/mol. The van der Waals surface area contributed by atoms with Crippen LogP contribution in [0.3, 0.4) is 0 Å². The van der Waals surface area contributed by atoms with Crippen molar-refractivity contribution in [2.75, 3.05) is 6.61 Å². The lowest BCUT2D eigenvalue weighted by atomic mass is 10.2. The molecule has 0 saturated heterocycles. The summed E-state index contributed by atoms with van der Waals surface area (Å²) in [5, 5.41) is 3.96. The van der Waals surface area contributed by atoms with E-state index in [1.807, 2.05) is 32.0 Å². The minimum atomic E-state index is -0.659. The number of hydrazone groups is 1. The van der Waals surface area contributed by atoms with Gasteiger partial charge in [-0.05, 0) is 25.5 Å². The third kappa shape index (κ3) is 2.80. The summed E-state index contributed by atoms with van der Waals surface area (Å²) < 4.78 is 11.0. The number of benzene rings is 1. The van der Waals surface area contributed by atoms with E-state index in [0.717, 1.165) is 12.1 Å². The van der Waals surface area contributed by atoms with Gasteiger partial charge in [-0.25, -0.2) is 5.43 Å². The molecule has 0 fully saturated rings. The average Bonchev–Trinajstić information content (AvgIpc) is 2.43. The lowest BCUT2D eigenvalue weighted by Crippen LogP contribution is -2.42. The van der Waals surface area contributed by atoms with Gasteiger partial charge in [0.15, 0.2) is 11.5 Å². The Balaban J connectivity index is 1.98. The molecule has 1 N–H and O–H groups in total. The fourth-order valence-corrected chi connectivity index (χ4v) is 1.45. The van der Waals surface area contributed by atoms with Crippen LogP contribution in [0.1, 0.15) is 20.3 Å². The van der Waals surface area contributed by atoms with Crippen molar-refractivity contribution < 1.29 is 14.3 Å². The molecule has 1 atom stereocenters. The molecule has 1 heterocycles. The number of hydrogen-bond donors (Lipinski definition) is 1.